The highest BCUT2D eigenvalue weighted by Gasteiger charge is 2.15. The Bertz CT molecular complexity index is 826. The first-order chi connectivity index (χ1) is 12.1. The molecule has 0 saturated heterocycles. The van der Waals surface area contributed by atoms with E-state index in [-0.39, 0.29) is 5.91 Å². The monoisotopic (exact) mass is 335 g/mol. The van der Waals surface area contributed by atoms with Gasteiger partial charge in [-0.1, -0.05) is 30.3 Å². The molecular weight excluding hydrogens is 314 g/mol. The van der Waals surface area contributed by atoms with E-state index in [9.17, 15) is 4.79 Å². The third-order valence-electron chi connectivity index (χ3n) is 3.97. The lowest BCUT2D eigenvalue weighted by Gasteiger charge is -2.16. The highest BCUT2D eigenvalue weighted by atomic mass is 16.5. The van der Waals surface area contributed by atoms with Gasteiger partial charge in [-0.05, 0) is 43.2 Å². The molecule has 0 radical (unpaired) electrons. The smallest absolute Gasteiger partial charge is 0.261 e. The molecule has 2 aromatic carbocycles. The number of nitrogens with zero attached hydrogens (tertiary/aromatic N) is 2. The first-order valence-corrected chi connectivity index (χ1v) is 8.21. The average molecular weight is 335 g/mol. The van der Waals surface area contributed by atoms with Crippen LogP contribution in [0.1, 0.15) is 18.1 Å². The third-order valence-corrected chi connectivity index (χ3v) is 3.97. The predicted octanol–water partition coefficient (Wildman–Crippen LogP) is 3.26. The number of hydrogen-bond donors (Lipinski definition) is 1. The van der Waals surface area contributed by atoms with Crippen molar-refractivity contribution in [2.24, 2.45) is 0 Å². The van der Waals surface area contributed by atoms with E-state index in [2.05, 4.69) is 10.3 Å². The molecule has 0 fully saturated rings. The lowest BCUT2D eigenvalue weighted by atomic mass is 10.2. The fourth-order valence-corrected chi connectivity index (χ4v) is 2.46. The summed E-state index contributed by atoms with van der Waals surface area (Å²) >= 11 is 0. The summed E-state index contributed by atoms with van der Waals surface area (Å²) in [5.41, 5.74) is 3.07. The number of ether oxygens (including phenoxy) is 1. The maximum Gasteiger partial charge on any atom is 0.261 e. The number of amides is 1. The number of aromatic nitrogens is 2. The Kier molecular flexibility index (Phi) is 5.14. The second-order valence-electron chi connectivity index (χ2n) is 5.88. The van der Waals surface area contributed by atoms with Crippen molar-refractivity contribution in [3.8, 4) is 11.4 Å². The molecule has 1 amide bonds. The van der Waals surface area contributed by atoms with E-state index in [1.807, 2.05) is 66.2 Å². The number of imidazole rings is 1. The van der Waals surface area contributed by atoms with Gasteiger partial charge in [-0.2, -0.15) is 0 Å². The average Bonchev–Trinajstić information content (AvgIpc) is 3.16. The number of hydrogen-bond acceptors (Lipinski definition) is 3. The first kappa shape index (κ1) is 16.8. The molecule has 0 spiro atoms. The van der Waals surface area contributed by atoms with Crippen LogP contribution in [0.15, 0.2) is 67.3 Å². The summed E-state index contributed by atoms with van der Waals surface area (Å²) in [4.78, 5) is 16.3. The number of aryl methyl sites for hydroxylation is 1. The summed E-state index contributed by atoms with van der Waals surface area (Å²) in [6.07, 6.45) is 4.83. The van der Waals surface area contributed by atoms with Crippen molar-refractivity contribution in [2.75, 3.05) is 0 Å². The third kappa shape index (κ3) is 4.26. The minimum absolute atomic E-state index is 0.137. The number of carbonyl (C=O) groups is 1. The fraction of sp³-hybridized carbons (Fsp3) is 0.200. The van der Waals surface area contributed by atoms with Gasteiger partial charge in [-0.25, -0.2) is 4.98 Å². The van der Waals surface area contributed by atoms with Gasteiger partial charge in [0.25, 0.3) is 5.91 Å². The second-order valence-corrected chi connectivity index (χ2v) is 5.88. The molecule has 0 saturated carbocycles. The minimum atomic E-state index is -0.550. The van der Waals surface area contributed by atoms with Gasteiger partial charge in [0.05, 0.1) is 6.33 Å². The van der Waals surface area contributed by atoms with Crippen LogP contribution in [-0.2, 0) is 11.3 Å². The molecule has 0 aliphatic rings. The molecule has 0 bridgehead atoms. The Balaban J connectivity index is 1.54. The van der Waals surface area contributed by atoms with E-state index >= 15 is 0 Å². The van der Waals surface area contributed by atoms with Crippen molar-refractivity contribution >= 4 is 5.91 Å². The topological polar surface area (TPSA) is 56.1 Å². The van der Waals surface area contributed by atoms with Crippen molar-refractivity contribution in [3.63, 3.8) is 0 Å². The molecule has 1 unspecified atom stereocenters. The zero-order valence-corrected chi connectivity index (χ0v) is 14.3. The fourth-order valence-electron chi connectivity index (χ4n) is 2.46. The molecule has 5 heteroatoms. The number of nitrogens with one attached hydrogen (secondary N) is 1. The van der Waals surface area contributed by atoms with Gasteiger partial charge >= 0.3 is 0 Å². The second kappa shape index (κ2) is 7.66. The number of para-hydroxylation sites is 1. The van der Waals surface area contributed by atoms with E-state index in [1.165, 1.54) is 0 Å². The van der Waals surface area contributed by atoms with E-state index in [0.29, 0.717) is 6.54 Å². The Hall–Kier alpha value is -3.08. The molecule has 0 aliphatic heterocycles. The summed E-state index contributed by atoms with van der Waals surface area (Å²) in [6.45, 7) is 4.18. The van der Waals surface area contributed by atoms with Crippen LogP contribution in [0.25, 0.3) is 5.69 Å². The van der Waals surface area contributed by atoms with E-state index < -0.39 is 6.10 Å². The molecule has 5 nitrogen and oxygen atoms in total. The van der Waals surface area contributed by atoms with Crippen LogP contribution in [0, 0.1) is 6.92 Å². The van der Waals surface area contributed by atoms with Crippen molar-refractivity contribution in [1.29, 1.82) is 0 Å². The van der Waals surface area contributed by atoms with Gasteiger partial charge in [0.1, 0.15) is 5.75 Å². The minimum Gasteiger partial charge on any atom is -0.481 e. The quantitative estimate of drug-likeness (QED) is 0.752. The highest BCUT2D eigenvalue weighted by Crippen LogP contribution is 2.17. The standard InChI is InChI=1S/C20H21N3O2/c1-15-5-3-4-6-19(15)25-16(2)20(24)22-13-17-7-9-18(10-8-17)23-12-11-21-14-23/h3-12,14,16H,13H2,1-2H3,(H,22,24). The van der Waals surface area contributed by atoms with Crippen LogP contribution in [0.4, 0.5) is 0 Å². The Labute approximate surface area is 147 Å². The van der Waals surface area contributed by atoms with Crippen molar-refractivity contribution < 1.29 is 9.53 Å². The van der Waals surface area contributed by atoms with E-state index in [4.69, 9.17) is 4.74 Å². The van der Waals surface area contributed by atoms with Gasteiger partial charge in [-0.3, -0.25) is 4.79 Å². The zero-order valence-electron chi connectivity index (χ0n) is 14.3. The van der Waals surface area contributed by atoms with Crippen molar-refractivity contribution in [2.45, 2.75) is 26.5 Å². The molecule has 3 aromatic rings. The number of benzene rings is 2. The van der Waals surface area contributed by atoms with Crippen LogP contribution < -0.4 is 10.1 Å². The summed E-state index contributed by atoms with van der Waals surface area (Å²) in [7, 11) is 0. The molecule has 1 atom stereocenters. The molecular formula is C20H21N3O2. The van der Waals surface area contributed by atoms with Crippen LogP contribution in [0.3, 0.4) is 0 Å². The molecule has 1 heterocycles. The molecule has 0 aliphatic carbocycles. The van der Waals surface area contributed by atoms with Crippen LogP contribution in [-0.4, -0.2) is 21.6 Å². The summed E-state index contributed by atoms with van der Waals surface area (Å²) in [6, 6.07) is 15.6. The molecule has 1 N–H and O–H groups in total. The van der Waals surface area contributed by atoms with E-state index in [0.717, 1.165) is 22.6 Å². The molecule has 128 valence electrons. The van der Waals surface area contributed by atoms with Crippen LogP contribution in [0.2, 0.25) is 0 Å². The van der Waals surface area contributed by atoms with Gasteiger partial charge in [-0.15, -0.1) is 0 Å². The first-order valence-electron chi connectivity index (χ1n) is 8.21. The van der Waals surface area contributed by atoms with Gasteiger partial charge in [0, 0.05) is 24.6 Å². The maximum absolute atomic E-state index is 12.2. The van der Waals surface area contributed by atoms with E-state index in [1.54, 1.807) is 19.4 Å². The SMILES string of the molecule is Cc1ccccc1OC(C)C(=O)NCc1ccc(-n2ccnc2)cc1. The normalized spacial score (nSPS) is 11.8. The van der Waals surface area contributed by atoms with Crippen molar-refractivity contribution in [1.82, 2.24) is 14.9 Å². The Morgan fingerprint density at radius 1 is 1.20 bits per heavy atom. The van der Waals surface area contributed by atoms with Crippen LogP contribution in [0.5, 0.6) is 5.75 Å². The zero-order chi connectivity index (χ0) is 17.6. The lowest BCUT2D eigenvalue weighted by Crippen LogP contribution is -2.36. The maximum atomic E-state index is 12.2. The molecule has 1 aromatic heterocycles. The largest absolute Gasteiger partial charge is 0.481 e. The predicted molar refractivity (Wildman–Crippen MR) is 96.7 cm³/mol. The summed E-state index contributed by atoms with van der Waals surface area (Å²) in [5.74, 6) is 0.594. The van der Waals surface area contributed by atoms with Gasteiger partial charge in [0.2, 0.25) is 0 Å². The van der Waals surface area contributed by atoms with Crippen molar-refractivity contribution in [3.05, 3.63) is 78.4 Å². The number of rotatable bonds is 6. The van der Waals surface area contributed by atoms with Gasteiger partial charge in [0.15, 0.2) is 6.10 Å². The van der Waals surface area contributed by atoms with Crippen LogP contribution >= 0.6 is 0 Å². The lowest BCUT2D eigenvalue weighted by molar-refractivity contribution is -0.127. The summed E-state index contributed by atoms with van der Waals surface area (Å²) < 4.78 is 7.67. The Morgan fingerprint density at radius 3 is 2.64 bits per heavy atom. The molecule has 3 rings (SSSR count). The summed E-state index contributed by atoms with van der Waals surface area (Å²) in [5, 5.41) is 2.91. The molecule has 25 heavy (non-hydrogen) atoms. The Morgan fingerprint density at radius 2 is 1.96 bits per heavy atom. The highest BCUT2D eigenvalue weighted by molar-refractivity contribution is 5.80. The van der Waals surface area contributed by atoms with Gasteiger partial charge < -0.3 is 14.6 Å². The number of carbonyl (C=O) groups excluding carboxylic acids is 1.